The fraction of sp³-hybridized carbons (Fsp3) is 0.125. The van der Waals surface area contributed by atoms with E-state index in [1.165, 1.54) is 12.1 Å². The van der Waals surface area contributed by atoms with Crippen LogP contribution >= 0.6 is 11.6 Å². The van der Waals surface area contributed by atoms with Gasteiger partial charge in [-0.25, -0.2) is 14.4 Å². The van der Waals surface area contributed by atoms with Gasteiger partial charge < -0.3 is 5.32 Å². The summed E-state index contributed by atoms with van der Waals surface area (Å²) in [5.74, 6) is 0.834. The number of aromatic nitrogens is 2. The van der Waals surface area contributed by atoms with Crippen LogP contribution in [0.25, 0.3) is 22.3 Å². The second-order valence-corrected chi connectivity index (χ2v) is 4.97. The smallest absolute Gasteiger partial charge is 0.163 e. The van der Waals surface area contributed by atoms with Crippen molar-refractivity contribution in [2.75, 3.05) is 11.9 Å². The topological polar surface area (TPSA) is 37.8 Å². The summed E-state index contributed by atoms with van der Waals surface area (Å²) in [6, 6.07) is 11.8. The Kier molecular flexibility index (Phi) is 3.71. The molecule has 1 N–H and O–H groups in total. The maximum atomic E-state index is 13.5. The third-order valence-corrected chi connectivity index (χ3v) is 3.45. The van der Waals surface area contributed by atoms with Gasteiger partial charge in [0.2, 0.25) is 0 Å². The molecule has 0 aliphatic carbocycles. The molecule has 106 valence electrons. The molecule has 0 aliphatic rings. The van der Waals surface area contributed by atoms with Crippen molar-refractivity contribution in [3.8, 4) is 11.4 Å². The van der Waals surface area contributed by atoms with E-state index >= 15 is 0 Å². The summed E-state index contributed by atoms with van der Waals surface area (Å²) < 4.78 is 13.5. The monoisotopic (exact) mass is 301 g/mol. The number of hydrogen-bond acceptors (Lipinski definition) is 3. The van der Waals surface area contributed by atoms with E-state index in [-0.39, 0.29) is 5.82 Å². The third kappa shape index (κ3) is 2.67. The van der Waals surface area contributed by atoms with Crippen LogP contribution in [0.1, 0.15) is 6.92 Å². The molecule has 3 nitrogen and oxygen atoms in total. The van der Waals surface area contributed by atoms with Crippen LogP contribution in [0.3, 0.4) is 0 Å². The van der Waals surface area contributed by atoms with E-state index in [4.69, 9.17) is 11.6 Å². The highest BCUT2D eigenvalue weighted by atomic mass is 35.5. The first-order valence-electron chi connectivity index (χ1n) is 6.65. The van der Waals surface area contributed by atoms with Gasteiger partial charge in [0.05, 0.1) is 10.5 Å². The molecule has 0 aliphatic heterocycles. The minimum absolute atomic E-state index is 0.325. The molecule has 0 atom stereocenters. The van der Waals surface area contributed by atoms with E-state index in [1.807, 2.05) is 25.1 Å². The quantitative estimate of drug-likeness (QED) is 0.773. The second-order valence-electron chi connectivity index (χ2n) is 4.57. The second kappa shape index (κ2) is 5.66. The van der Waals surface area contributed by atoms with Gasteiger partial charge in [0.25, 0.3) is 0 Å². The van der Waals surface area contributed by atoms with Gasteiger partial charge in [0, 0.05) is 23.6 Å². The Bertz CT molecular complexity index is 805. The predicted molar refractivity (Wildman–Crippen MR) is 84.1 cm³/mol. The Morgan fingerprint density at radius 1 is 1.14 bits per heavy atom. The average molecular weight is 302 g/mol. The van der Waals surface area contributed by atoms with Crippen molar-refractivity contribution in [1.82, 2.24) is 9.97 Å². The summed E-state index contributed by atoms with van der Waals surface area (Å²) in [6.07, 6.45) is 0. The molecule has 5 heteroatoms. The highest BCUT2D eigenvalue weighted by Crippen LogP contribution is 2.29. The molecule has 0 fully saturated rings. The molecular formula is C16H13ClFN3. The standard InChI is InChI=1S/C16H13ClFN3/c1-2-19-15-12-8-7-10(18)9-14(12)20-16(21-15)11-5-3-4-6-13(11)17/h3-9H,2H2,1H3,(H,19,20,21). The van der Waals surface area contributed by atoms with Crippen molar-refractivity contribution in [2.45, 2.75) is 6.92 Å². The summed E-state index contributed by atoms with van der Waals surface area (Å²) in [5, 5.41) is 4.53. The molecule has 2 aromatic carbocycles. The van der Waals surface area contributed by atoms with E-state index in [2.05, 4.69) is 15.3 Å². The van der Waals surface area contributed by atoms with Crippen molar-refractivity contribution in [3.63, 3.8) is 0 Å². The Morgan fingerprint density at radius 3 is 2.71 bits per heavy atom. The van der Waals surface area contributed by atoms with Gasteiger partial charge in [0.1, 0.15) is 11.6 Å². The molecule has 21 heavy (non-hydrogen) atoms. The van der Waals surface area contributed by atoms with Crippen molar-refractivity contribution in [3.05, 3.63) is 53.3 Å². The van der Waals surface area contributed by atoms with Crippen LogP contribution in [0.4, 0.5) is 10.2 Å². The number of hydrogen-bond donors (Lipinski definition) is 1. The van der Waals surface area contributed by atoms with Crippen molar-refractivity contribution in [1.29, 1.82) is 0 Å². The van der Waals surface area contributed by atoms with Crippen molar-refractivity contribution < 1.29 is 4.39 Å². The van der Waals surface area contributed by atoms with Crippen LogP contribution in [0.15, 0.2) is 42.5 Å². The molecule has 0 bridgehead atoms. The Labute approximate surface area is 126 Å². The number of rotatable bonds is 3. The van der Waals surface area contributed by atoms with Gasteiger partial charge in [-0.15, -0.1) is 0 Å². The zero-order valence-corrected chi connectivity index (χ0v) is 12.2. The number of fused-ring (bicyclic) bond motifs is 1. The molecule has 1 heterocycles. The molecular weight excluding hydrogens is 289 g/mol. The molecule has 0 unspecified atom stereocenters. The Morgan fingerprint density at radius 2 is 1.95 bits per heavy atom. The lowest BCUT2D eigenvalue weighted by molar-refractivity contribution is 0.629. The van der Waals surface area contributed by atoms with Gasteiger partial charge in [0.15, 0.2) is 5.82 Å². The molecule has 3 aromatic rings. The van der Waals surface area contributed by atoms with Crippen molar-refractivity contribution >= 4 is 28.3 Å². The Balaban J connectivity index is 2.27. The van der Waals surface area contributed by atoms with Gasteiger partial charge >= 0.3 is 0 Å². The number of anilines is 1. The lowest BCUT2D eigenvalue weighted by atomic mass is 10.1. The van der Waals surface area contributed by atoms with Gasteiger partial charge in [-0.05, 0) is 31.2 Å². The number of benzene rings is 2. The fourth-order valence-corrected chi connectivity index (χ4v) is 2.39. The van der Waals surface area contributed by atoms with Crippen LogP contribution in [-0.4, -0.2) is 16.5 Å². The van der Waals surface area contributed by atoms with Gasteiger partial charge in [-0.2, -0.15) is 0 Å². The molecule has 0 saturated heterocycles. The highest BCUT2D eigenvalue weighted by molar-refractivity contribution is 6.33. The first-order chi connectivity index (χ1) is 10.2. The zero-order chi connectivity index (χ0) is 14.8. The van der Waals surface area contributed by atoms with Crippen LogP contribution in [-0.2, 0) is 0 Å². The van der Waals surface area contributed by atoms with E-state index in [1.54, 1.807) is 12.1 Å². The van der Waals surface area contributed by atoms with Crippen molar-refractivity contribution in [2.24, 2.45) is 0 Å². The SMILES string of the molecule is CCNc1nc(-c2ccccc2Cl)nc2cc(F)ccc12. The maximum absolute atomic E-state index is 13.5. The molecule has 0 amide bonds. The zero-order valence-electron chi connectivity index (χ0n) is 11.4. The normalized spacial score (nSPS) is 10.8. The maximum Gasteiger partial charge on any atom is 0.163 e. The summed E-state index contributed by atoms with van der Waals surface area (Å²) >= 11 is 6.20. The van der Waals surface area contributed by atoms with E-state index in [9.17, 15) is 4.39 Å². The molecule has 0 spiro atoms. The number of nitrogens with zero attached hydrogens (tertiary/aromatic N) is 2. The summed E-state index contributed by atoms with van der Waals surface area (Å²) in [5.41, 5.74) is 1.28. The number of nitrogens with one attached hydrogen (secondary N) is 1. The summed E-state index contributed by atoms with van der Waals surface area (Å²) in [7, 11) is 0. The van der Waals surface area contributed by atoms with E-state index < -0.39 is 0 Å². The highest BCUT2D eigenvalue weighted by Gasteiger charge is 2.11. The molecule has 0 saturated carbocycles. The fourth-order valence-electron chi connectivity index (χ4n) is 2.17. The molecule has 1 aromatic heterocycles. The summed E-state index contributed by atoms with van der Waals surface area (Å²) in [4.78, 5) is 8.96. The minimum Gasteiger partial charge on any atom is -0.370 e. The lowest BCUT2D eigenvalue weighted by Gasteiger charge is -2.10. The van der Waals surface area contributed by atoms with Crippen LogP contribution in [0.5, 0.6) is 0 Å². The lowest BCUT2D eigenvalue weighted by Crippen LogP contribution is -2.03. The third-order valence-electron chi connectivity index (χ3n) is 3.12. The Hall–Kier alpha value is -2.20. The van der Waals surface area contributed by atoms with Crippen LogP contribution in [0.2, 0.25) is 5.02 Å². The van der Waals surface area contributed by atoms with E-state index in [0.29, 0.717) is 28.7 Å². The predicted octanol–water partition coefficient (Wildman–Crippen LogP) is 4.52. The summed E-state index contributed by atoms with van der Waals surface area (Å²) in [6.45, 7) is 2.69. The van der Waals surface area contributed by atoms with Gasteiger partial charge in [-0.3, -0.25) is 0 Å². The number of halogens is 2. The van der Waals surface area contributed by atoms with Crippen LogP contribution in [0, 0.1) is 5.82 Å². The first kappa shape index (κ1) is 13.8. The molecule has 3 rings (SSSR count). The largest absolute Gasteiger partial charge is 0.370 e. The van der Waals surface area contributed by atoms with Crippen LogP contribution < -0.4 is 5.32 Å². The average Bonchev–Trinajstić information content (AvgIpc) is 2.47. The first-order valence-corrected chi connectivity index (χ1v) is 7.03. The molecule has 0 radical (unpaired) electrons. The minimum atomic E-state index is -0.325. The van der Waals surface area contributed by atoms with E-state index in [0.717, 1.165) is 10.9 Å². The van der Waals surface area contributed by atoms with Gasteiger partial charge in [-0.1, -0.05) is 23.7 Å².